The molecule has 0 unspecified atom stereocenters. The highest BCUT2D eigenvalue weighted by atomic mass is 32.1. The van der Waals surface area contributed by atoms with Crippen molar-refractivity contribution in [3.63, 3.8) is 0 Å². The lowest BCUT2D eigenvalue weighted by atomic mass is 10.0. The molecule has 1 aromatic heterocycles. The van der Waals surface area contributed by atoms with Gasteiger partial charge >= 0.3 is 0 Å². The van der Waals surface area contributed by atoms with Crippen LogP contribution in [0.25, 0.3) is 10.4 Å². The molecule has 5 heteroatoms. The topological polar surface area (TPSA) is 41.6 Å². The second-order valence-corrected chi connectivity index (χ2v) is 7.54. The number of benzene rings is 1. The molecule has 4 rings (SSSR count). The molecule has 1 amide bonds. The van der Waals surface area contributed by atoms with E-state index in [9.17, 15) is 4.79 Å². The van der Waals surface area contributed by atoms with E-state index >= 15 is 0 Å². The van der Waals surface area contributed by atoms with Crippen molar-refractivity contribution in [2.75, 3.05) is 32.8 Å². The number of likely N-dealkylation sites (tertiary alicyclic amines) is 1. The number of fused-ring (bicyclic) bond motifs is 1. The van der Waals surface area contributed by atoms with Gasteiger partial charge in [0.1, 0.15) is 10.6 Å². The second kappa shape index (κ2) is 6.57. The zero-order valence-electron chi connectivity index (χ0n) is 13.8. The zero-order chi connectivity index (χ0) is 16.5. The van der Waals surface area contributed by atoms with Crippen LogP contribution >= 0.6 is 11.3 Å². The monoisotopic (exact) mass is 342 g/mol. The maximum Gasteiger partial charge on any atom is 0.267 e. The maximum absolute atomic E-state index is 13.1. The predicted octanol–water partition coefficient (Wildman–Crippen LogP) is 3.11. The van der Waals surface area contributed by atoms with E-state index in [0.717, 1.165) is 47.2 Å². The van der Waals surface area contributed by atoms with Crippen molar-refractivity contribution in [3.8, 4) is 16.2 Å². The number of carbonyl (C=O) groups is 1. The highest BCUT2D eigenvalue weighted by molar-refractivity contribution is 7.17. The number of thiophene rings is 1. The quantitative estimate of drug-likeness (QED) is 0.928. The van der Waals surface area contributed by atoms with Crippen molar-refractivity contribution >= 4 is 17.2 Å². The van der Waals surface area contributed by atoms with Crippen LogP contribution in [0, 0.1) is 11.8 Å². The third-order valence-corrected chi connectivity index (χ3v) is 6.08. The Morgan fingerprint density at radius 1 is 1.25 bits per heavy atom. The van der Waals surface area contributed by atoms with Gasteiger partial charge in [-0.15, -0.1) is 11.3 Å². The average Bonchev–Trinajstić information content (AvgIpc) is 3.29. The van der Waals surface area contributed by atoms with Crippen LogP contribution in [0.15, 0.2) is 36.4 Å². The summed E-state index contributed by atoms with van der Waals surface area (Å²) in [6.07, 6.45) is 0. The number of nitrogens with zero attached hydrogens (tertiary/aromatic N) is 1. The molecule has 0 aliphatic carbocycles. The second-order valence-electron chi connectivity index (χ2n) is 6.49. The van der Waals surface area contributed by atoms with Crippen molar-refractivity contribution in [1.82, 2.24) is 10.2 Å². The third kappa shape index (κ3) is 2.82. The van der Waals surface area contributed by atoms with Crippen LogP contribution in [-0.2, 0) is 0 Å². The summed E-state index contributed by atoms with van der Waals surface area (Å²) < 4.78 is 5.76. The van der Waals surface area contributed by atoms with E-state index in [4.69, 9.17) is 4.74 Å². The number of rotatable bonds is 4. The largest absolute Gasteiger partial charge is 0.492 e. The molecule has 2 atom stereocenters. The molecule has 2 aromatic rings. The summed E-state index contributed by atoms with van der Waals surface area (Å²) in [5.74, 6) is 2.07. The number of hydrogen-bond donors (Lipinski definition) is 1. The molecule has 0 spiro atoms. The summed E-state index contributed by atoms with van der Waals surface area (Å²) in [5.41, 5.74) is 1.13. The molecular weight excluding hydrogens is 320 g/mol. The maximum atomic E-state index is 13.1. The minimum Gasteiger partial charge on any atom is -0.492 e. The van der Waals surface area contributed by atoms with E-state index in [0.29, 0.717) is 18.4 Å². The fraction of sp³-hybridized carbons (Fsp3) is 0.421. The number of ether oxygens (including phenoxy) is 1. The molecule has 1 N–H and O–H groups in total. The van der Waals surface area contributed by atoms with Crippen molar-refractivity contribution in [3.05, 3.63) is 41.3 Å². The predicted molar refractivity (Wildman–Crippen MR) is 96.7 cm³/mol. The van der Waals surface area contributed by atoms with E-state index in [2.05, 4.69) is 17.4 Å². The molecule has 0 radical (unpaired) electrons. The fourth-order valence-corrected chi connectivity index (χ4v) is 4.77. The number of nitrogens with one attached hydrogen (secondary N) is 1. The molecule has 0 saturated carbocycles. The van der Waals surface area contributed by atoms with Gasteiger partial charge < -0.3 is 15.0 Å². The normalized spacial score (nSPS) is 22.6. The summed E-state index contributed by atoms with van der Waals surface area (Å²) in [6.45, 7) is 6.32. The minimum absolute atomic E-state index is 0.125. The van der Waals surface area contributed by atoms with Crippen molar-refractivity contribution in [1.29, 1.82) is 0 Å². The van der Waals surface area contributed by atoms with E-state index in [-0.39, 0.29) is 5.91 Å². The Kier molecular flexibility index (Phi) is 4.29. The number of amides is 1. The summed E-state index contributed by atoms with van der Waals surface area (Å²) in [5, 5.41) is 3.42. The van der Waals surface area contributed by atoms with Gasteiger partial charge in [0.25, 0.3) is 5.91 Å². The van der Waals surface area contributed by atoms with Gasteiger partial charge in [-0.05, 0) is 30.4 Å². The molecule has 2 aliphatic rings. The molecular formula is C19H22N2O2S. The van der Waals surface area contributed by atoms with Crippen molar-refractivity contribution < 1.29 is 9.53 Å². The smallest absolute Gasteiger partial charge is 0.267 e. The highest BCUT2D eigenvalue weighted by Gasteiger charge is 2.39. The average molecular weight is 342 g/mol. The van der Waals surface area contributed by atoms with Gasteiger partial charge in [0.2, 0.25) is 0 Å². The van der Waals surface area contributed by atoms with E-state index in [1.165, 1.54) is 0 Å². The summed E-state index contributed by atoms with van der Waals surface area (Å²) >= 11 is 1.54. The lowest BCUT2D eigenvalue weighted by molar-refractivity contribution is 0.0783. The first kappa shape index (κ1) is 15.7. The van der Waals surface area contributed by atoms with Crippen LogP contribution in [0.2, 0.25) is 0 Å². The first-order valence-corrected chi connectivity index (χ1v) is 9.40. The first-order valence-electron chi connectivity index (χ1n) is 8.58. The molecule has 3 heterocycles. The van der Waals surface area contributed by atoms with Crippen LogP contribution in [0.5, 0.6) is 5.75 Å². The molecule has 2 aliphatic heterocycles. The minimum atomic E-state index is 0.125. The van der Waals surface area contributed by atoms with Gasteiger partial charge in [0.15, 0.2) is 0 Å². The van der Waals surface area contributed by atoms with Crippen LogP contribution in [0.3, 0.4) is 0 Å². The van der Waals surface area contributed by atoms with Gasteiger partial charge in [0, 0.05) is 31.1 Å². The van der Waals surface area contributed by atoms with E-state index in [1.807, 2.05) is 36.1 Å². The van der Waals surface area contributed by atoms with Crippen molar-refractivity contribution in [2.45, 2.75) is 6.92 Å². The van der Waals surface area contributed by atoms with Gasteiger partial charge in [-0.1, -0.05) is 30.3 Å². The summed E-state index contributed by atoms with van der Waals surface area (Å²) in [4.78, 5) is 16.9. The third-order valence-electron chi connectivity index (χ3n) is 4.93. The lowest BCUT2D eigenvalue weighted by Crippen LogP contribution is -2.31. The standard InChI is InChI=1S/C19H22N2O2S/c1-2-23-16-8-17(13-6-4-3-5-7-13)24-18(16)19(22)21-11-14-9-20-10-15(14)12-21/h3-8,14-15,20H,2,9-12H2,1H3/t14-,15+. The molecule has 4 nitrogen and oxygen atoms in total. The Bertz CT molecular complexity index is 716. The highest BCUT2D eigenvalue weighted by Crippen LogP contribution is 2.38. The number of carbonyl (C=O) groups excluding carboxylic acids is 1. The van der Waals surface area contributed by atoms with E-state index < -0.39 is 0 Å². The van der Waals surface area contributed by atoms with Crippen LogP contribution in [0.4, 0.5) is 0 Å². The summed E-state index contributed by atoms with van der Waals surface area (Å²) in [7, 11) is 0. The fourth-order valence-electron chi connectivity index (χ4n) is 3.70. The van der Waals surface area contributed by atoms with E-state index in [1.54, 1.807) is 11.3 Å². The van der Waals surface area contributed by atoms with Crippen molar-refractivity contribution in [2.24, 2.45) is 11.8 Å². The molecule has 24 heavy (non-hydrogen) atoms. The molecule has 1 aromatic carbocycles. The zero-order valence-corrected chi connectivity index (χ0v) is 14.6. The SMILES string of the molecule is CCOc1cc(-c2ccccc2)sc1C(=O)N1C[C@H]2CNC[C@H]2C1. The molecule has 2 saturated heterocycles. The Labute approximate surface area is 146 Å². The van der Waals surface area contributed by atoms with Crippen LogP contribution in [0.1, 0.15) is 16.6 Å². The Hall–Kier alpha value is -1.85. The number of hydrogen-bond acceptors (Lipinski definition) is 4. The van der Waals surface area contributed by atoms with Gasteiger partial charge in [-0.3, -0.25) is 4.79 Å². The lowest BCUT2D eigenvalue weighted by Gasteiger charge is -2.17. The Morgan fingerprint density at radius 3 is 2.62 bits per heavy atom. The molecule has 126 valence electrons. The summed E-state index contributed by atoms with van der Waals surface area (Å²) in [6, 6.07) is 12.2. The van der Waals surface area contributed by atoms with Gasteiger partial charge in [-0.25, -0.2) is 0 Å². The van der Waals surface area contributed by atoms with Gasteiger partial charge in [-0.2, -0.15) is 0 Å². The first-order chi connectivity index (χ1) is 11.8. The van der Waals surface area contributed by atoms with Crippen LogP contribution < -0.4 is 10.1 Å². The molecule has 0 bridgehead atoms. The van der Waals surface area contributed by atoms with Crippen LogP contribution in [-0.4, -0.2) is 43.6 Å². The van der Waals surface area contributed by atoms with Gasteiger partial charge in [0.05, 0.1) is 6.61 Å². The Balaban J connectivity index is 1.61. The molecule has 2 fully saturated rings. The Morgan fingerprint density at radius 2 is 1.96 bits per heavy atom.